The summed E-state index contributed by atoms with van der Waals surface area (Å²) in [5.41, 5.74) is 2.54. The molecule has 0 aliphatic carbocycles. The number of ether oxygens (including phenoxy) is 1. The Kier molecular flexibility index (Phi) is 7.25. The molecule has 0 amide bonds. The van der Waals surface area contributed by atoms with Crippen LogP contribution in [0.3, 0.4) is 0 Å². The molecule has 0 aliphatic heterocycles. The molecule has 0 bridgehead atoms. The second-order valence-electron chi connectivity index (χ2n) is 5.57. The van der Waals surface area contributed by atoms with Crippen molar-refractivity contribution in [2.24, 2.45) is 0 Å². The summed E-state index contributed by atoms with van der Waals surface area (Å²) in [5.74, 6) is -0.321. The fourth-order valence-electron chi connectivity index (χ4n) is 2.41. The Labute approximate surface area is 147 Å². The van der Waals surface area contributed by atoms with Crippen LogP contribution in [0.4, 0.5) is 0 Å². The summed E-state index contributed by atoms with van der Waals surface area (Å²) < 4.78 is 4.67. The van der Waals surface area contributed by atoms with Gasteiger partial charge in [-0.25, -0.2) is 4.79 Å². The highest BCUT2D eigenvalue weighted by atomic mass is 35.5. The molecule has 0 aromatic heterocycles. The molecule has 0 saturated carbocycles. The number of nitrogens with one attached hydrogen (secondary N) is 1. The quantitative estimate of drug-likeness (QED) is 0.567. The fraction of sp³-hybridized carbons (Fsp3) is 0.316. The Morgan fingerprint density at radius 1 is 1.25 bits per heavy atom. The Morgan fingerprint density at radius 3 is 2.67 bits per heavy atom. The van der Waals surface area contributed by atoms with Gasteiger partial charge < -0.3 is 15.2 Å². The van der Waals surface area contributed by atoms with Crippen molar-refractivity contribution in [3.63, 3.8) is 0 Å². The van der Waals surface area contributed by atoms with E-state index in [9.17, 15) is 9.90 Å². The number of halogens is 1. The first kappa shape index (κ1) is 18.5. The smallest absolute Gasteiger partial charge is 0.337 e. The molecule has 4 nitrogen and oxygen atoms in total. The number of rotatable bonds is 8. The summed E-state index contributed by atoms with van der Waals surface area (Å²) in [7, 11) is 1.37. The van der Waals surface area contributed by atoms with Crippen molar-refractivity contribution in [1.82, 2.24) is 5.32 Å². The van der Waals surface area contributed by atoms with Crippen LogP contribution in [0.25, 0.3) is 0 Å². The molecule has 0 spiro atoms. The van der Waals surface area contributed by atoms with Gasteiger partial charge in [-0.05, 0) is 54.8 Å². The van der Waals surface area contributed by atoms with Gasteiger partial charge in [0, 0.05) is 11.6 Å². The summed E-state index contributed by atoms with van der Waals surface area (Å²) >= 11 is 5.92. The molecule has 0 aliphatic rings. The number of esters is 1. The van der Waals surface area contributed by atoms with Crippen molar-refractivity contribution in [3.05, 3.63) is 70.2 Å². The highest BCUT2D eigenvalue weighted by Crippen LogP contribution is 2.17. The predicted molar refractivity (Wildman–Crippen MR) is 95.4 cm³/mol. The fourth-order valence-corrected chi connectivity index (χ4v) is 2.61. The van der Waals surface area contributed by atoms with Crippen molar-refractivity contribution < 1.29 is 14.6 Å². The van der Waals surface area contributed by atoms with Gasteiger partial charge in [-0.2, -0.15) is 0 Å². The number of methoxy groups -OCH3 is 1. The summed E-state index contributed by atoms with van der Waals surface area (Å²) in [5, 5.41) is 14.0. The molecule has 1 unspecified atom stereocenters. The van der Waals surface area contributed by atoms with Crippen LogP contribution in [-0.2, 0) is 11.2 Å². The topological polar surface area (TPSA) is 58.6 Å². The second-order valence-corrected chi connectivity index (χ2v) is 6.00. The lowest BCUT2D eigenvalue weighted by molar-refractivity contribution is 0.0600. The second kappa shape index (κ2) is 9.42. The van der Waals surface area contributed by atoms with Gasteiger partial charge in [-0.3, -0.25) is 0 Å². The number of aryl methyl sites for hydroxylation is 1. The summed E-state index contributed by atoms with van der Waals surface area (Å²) in [6.45, 7) is 1.29. The Morgan fingerprint density at radius 2 is 2.00 bits per heavy atom. The molecule has 2 N–H and O–H groups in total. The van der Waals surface area contributed by atoms with Crippen LogP contribution in [0.15, 0.2) is 48.5 Å². The van der Waals surface area contributed by atoms with E-state index in [1.54, 1.807) is 24.3 Å². The van der Waals surface area contributed by atoms with Gasteiger partial charge >= 0.3 is 5.97 Å². The minimum absolute atomic E-state index is 0.321. The maximum absolute atomic E-state index is 11.4. The van der Waals surface area contributed by atoms with Crippen LogP contribution < -0.4 is 5.32 Å². The Balaban J connectivity index is 1.68. The first-order chi connectivity index (χ1) is 11.6. The molecule has 0 heterocycles. The number of aliphatic hydroxyl groups excluding tert-OH is 1. The van der Waals surface area contributed by atoms with E-state index in [2.05, 4.69) is 10.1 Å². The van der Waals surface area contributed by atoms with Crippen LogP contribution in [0, 0.1) is 0 Å². The van der Waals surface area contributed by atoms with Crippen LogP contribution in [0.1, 0.15) is 34.0 Å². The van der Waals surface area contributed by atoms with Gasteiger partial charge in [-0.1, -0.05) is 35.9 Å². The summed E-state index contributed by atoms with van der Waals surface area (Å²) in [4.78, 5) is 11.4. The Hall–Kier alpha value is -1.88. The van der Waals surface area contributed by atoms with Crippen LogP contribution >= 0.6 is 11.6 Å². The molecule has 0 saturated heterocycles. The Bertz CT molecular complexity index is 658. The third-order valence-corrected chi connectivity index (χ3v) is 4.00. The molecule has 1 atom stereocenters. The molecular weight excluding hydrogens is 326 g/mol. The molecule has 0 radical (unpaired) electrons. The van der Waals surface area contributed by atoms with Crippen molar-refractivity contribution >= 4 is 17.6 Å². The van der Waals surface area contributed by atoms with E-state index in [1.165, 1.54) is 12.7 Å². The van der Waals surface area contributed by atoms with Gasteiger partial charge in [0.05, 0.1) is 18.8 Å². The van der Waals surface area contributed by atoms with E-state index < -0.39 is 6.10 Å². The number of benzene rings is 2. The molecule has 24 heavy (non-hydrogen) atoms. The maximum atomic E-state index is 11.4. The van der Waals surface area contributed by atoms with E-state index in [4.69, 9.17) is 11.6 Å². The van der Waals surface area contributed by atoms with Crippen LogP contribution in [0.5, 0.6) is 0 Å². The van der Waals surface area contributed by atoms with E-state index in [1.807, 2.05) is 24.3 Å². The molecule has 2 aromatic rings. The van der Waals surface area contributed by atoms with E-state index in [0.717, 1.165) is 24.9 Å². The average molecular weight is 348 g/mol. The maximum Gasteiger partial charge on any atom is 0.337 e. The highest BCUT2D eigenvalue weighted by molar-refractivity contribution is 6.30. The largest absolute Gasteiger partial charge is 0.465 e. The third-order valence-electron chi connectivity index (χ3n) is 3.77. The van der Waals surface area contributed by atoms with Crippen LogP contribution in [-0.4, -0.2) is 31.3 Å². The minimum Gasteiger partial charge on any atom is -0.465 e. The summed E-state index contributed by atoms with van der Waals surface area (Å²) in [6, 6.07) is 14.7. The standard InChI is InChI=1S/C19H22ClNO3/c1-24-19(23)15-9-7-14(8-10-15)4-3-11-21-13-18(22)16-5-2-6-17(20)12-16/h2,5-10,12,18,21-22H,3-4,11,13H2,1H3. The molecular formula is C19H22ClNO3. The first-order valence-electron chi connectivity index (χ1n) is 7.91. The summed E-state index contributed by atoms with van der Waals surface area (Å²) in [6.07, 6.45) is 1.28. The van der Waals surface area contributed by atoms with Crippen molar-refractivity contribution in [2.75, 3.05) is 20.2 Å². The lowest BCUT2D eigenvalue weighted by Gasteiger charge is -2.12. The average Bonchev–Trinajstić information content (AvgIpc) is 2.61. The van der Waals surface area contributed by atoms with Crippen LogP contribution in [0.2, 0.25) is 5.02 Å². The third kappa shape index (κ3) is 5.64. The lowest BCUT2D eigenvalue weighted by atomic mass is 10.1. The van der Waals surface area contributed by atoms with Crippen molar-refractivity contribution in [1.29, 1.82) is 0 Å². The number of hydrogen-bond donors (Lipinski definition) is 2. The van der Waals surface area contributed by atoms with Gasteiger partial charge in [0.25, 0.3) is 0 Å². The molecule has 2 rings (SSSR count). The van der Waals surface area contributed by atoms with Crippen molar-refractivity contribution in [2.45, 2.75) is 18.9 Å². The number of carbonyl (C=O) groups is 1. The van der Waals surface area contributed by atoms with Crippen molar-refractivity contribution in [3.8, 4) is 0 Å². The zero-order valence-corrected chi connectivity index (χ0v) is 14.4. The molecule has 128 valence electrons. The van der Waals surface area contributed by atoms with Gasteiger partial charge in [0.1, 0.15) is 0 Å². The zero-order chi connectivity index (χ0) is 17.4. The normalized spacial score (nSPS) is 12.0. The monoisotopic (exact) mass is 347 g/mol. The van der Waals surface area contributed by atoms with Gasteiger partial charge in [0.15, 0.2) is 0 Å². The number of hydrogen-bond acceptors (Lipinski definition) is 4. The zero-order valence-electron chi connectivity index (χ0n) is 13.7. The number of aliphatic hydroxyl groups is 1. The molecule has 2 aromatic carbocycles. The van der Waals surface area contributed by atoms with Gasteiger partial charge in [0.2, 0.25) is 0 Å². The first-order valence-corrected chi connectivity index (χ1v) is 8.29. The SMILES string of the molecule is COC(=O)c1ccc(CCCNCC(O)c2cccc(Cl)c2)cc1. The minimum atomic E-state index is -0.567. The van der Waals surface area contributed by atoms with E-state index in [0.29, 0.717) is 17.1 Å². The lowest BCUT2D eigenvalue weighted by Crippen LogP contribution is -2.22. The molecule has 0 fully saturated rings. The molecule has 5 heteroatoms. The number of carbonyl (C=O) groups excluding carboxylic acids is 1. The van der Waals surface area contributed by atoms with Gasteiger partial charge in [-0.15, -0.1) is 0 Å². The predicted octanol–water partition coefficient (Wildman–Crippen LogP) is 3.38. The van der Waals surface area contributed by atoms with E-state index >= 15 is 0 Å². The van der Waals surface area contributed by atoms with E-state index in [-0.39, 0.29) is 5.97 Å². The highest BCUT2D eigenvalue weighted by Gasteiger charge is 2.07.